The molecule has 2 unspecified atom stereocenters. The van der Waals surface area contributed by atoms with E-state index in [0.29, 0.717) is 17.7 Å². The van der Waals surface area contributed by atoms with Crippen molar-refractivity contribution in [1.29, 1.82) is 0 Å². The lowest BCUT2D eigenvalue weighted by atomic mass is 9.80. The summed E-state index contributed by atoms with van der Waals surface area (Å²) >= 11 is 0. The largest absolute Gasteiger partial charge is 0.466 e. The van der Waals surface area contributed by atoms with Crippen molar-refractivity contribution in [3.8, 4) is 0 Å². The van der Waals surface area contributed by atoms with E-state index in [1.54, 1.807) is 12.1 Å². The molecule has 3 aromatic rings. The number of aromatic amines is 1. The molecular formula is C27H30F2N2O2. The van der Waals surface area contributed by atoms with Crippen molar-refractivity contribution in [2.45, 2.75) is 38.8 Å². The van der Waals surface area contributed by atoms with Gasteiger partial charge in [0.05, 0.1) is 19.8 Å². The molecule has 0 saturated heterocycles. The molecule has 1 aromatic heterocycles. The lowest BCUT2D eigenvalue weighted by Gasteiger charge is -2.48. The zero-order chi connectivity index (χ0) is 23.8. The van der Waals surface area contributed by atoms with Gasteiger partial charge in [0, 0.05) is 40.3 Å². The summed E-state index contributed by atoms with van der Waals surface area (Å²) in [6.07, 6.45) is 3.58. The van der Waals surface area contributed by atoms with E-state index < -0.39 is 12.6 Å². The molecule has 0 aliphatic carbocycles. The van der Waals surface area contributed by atoms with Crippen LogP contribution < -0.4 is 0 Å². The SMILES string of the molecule is COC(=O)C=Cc1ccc(C2c3[nH]c4ccccc4c3CC(C)(C)N2CC(C)CF)c(F)c1. The minimum atomic E-state index is -0.498. The number of ether oxygens (including phenoxy) is 1. The molecule has 2 aromatic carbocycles. The maximum absolute atomic E-state index is 15.6. The highest BCUT2D eigenvalue weighted by Crippen LogP contribution is 2.45. The molecule has 0 spiro atoms. The summed E-state index contributed by atoms with van der Waals surface area (Å²) in [5, 5.41) is 1.14. The van der Waals surface area contributed by atoms with Gasteiger partial charge in [-0.1, -0.05) is 37.3 Å². The van der Waals surface area contributed by atoms with Crippen LogP contribution in [0.15, 0.2) is 48.5 Å². The molecule has 1 aliphatic rings. The van der Waals surface area contributed by atoms with Crippen molar-refractivity contribution < 1.29 is 18.3 Å². The van der Waals surface area contributed by atoms with Crippen molar-refractivity contribution in [1.82, 2.24) is 9.88 Å². The highest BCUT2D eigenvalue weighted by Gasteiger charge is 2.43. The predicted octanol–water partition coefficient (Wildman–Crippen LogP) is 5.82. The summed E-state index contributed by atoms with van der Waals surface area (Å²) in [6, 6.07) is 12.7. The summed E-state index contributed by atoms with van der Waals surface area (Å²) < 4.78 is 33.7. The number of fused-ring (bicyclic) bond motifs is 3. The number of esters is 1. The topological polar surface area (TPSA) is 45.3 Å². The number of aromatic nitrogens is 1. The number of halogens is 2. The molecule has 4 nitrogen and oxygen atoms in total. The van der Waals surface area contributed by atoms with Gasteiger partial charge >= 0.3 is 5.97 Å². The summed E-state index contributed by atoms with van der Waals surface area (Å²) in [5.74, 6) is -1.04. The van der Waals surface area contributed by atoms with E-state index in [2.05, 4.69) is 34.5 Å². The fraction of sp³-hybridized carbons (Fsp3) is 0.370. The van der Waals surface area contributed by atoms with E-state index in [4.69, 9.17) is 0 Å². The van der Waals surface area contributed by atoms with Crippen molar-refractivity contribution >= 4 is 22.9 Å². The Kier molecular flexibility index (Phi) is 6.39. The van der Waals surface area contributed by atoms with E-state index in [-0.39, 0.29) is 23.3 Å². The average Bonchev–Trinajstić information content (AvgIpc) is 3.15. The van der Waals surface area contributed by atoms with Crippen LogP contribution in [0.5, 0.6) is 0 Å². The van der Waals surface area contributed by atoms with Crippen LogP contribution in [0.1, 0.15) is 49.2 Å². The van der Waals surface area contributed by atoms with Crippen LogP contribution >= 0.6 is 0 Å². The maximum Gasteiger partial charge on any atom is 0.330 e. The molecule has 0 fully saturated rings. The van der Waals surface area contributed by atoms with E-state index in [1.807, 2.05) is 25.1 Å². The van der Waals surface area contributed by atoms with Gasteiger partial charge in [0.2, 0.25) is 0 Å². The van der Waals surface area contributed by atoms with Crippen molar-refractivity contribution in [2.75, 3.05) is 20.3 Å². The lowest BCUT2D eigenvalue weighted by Crippen LogP contribution is -2.53. The summed E-state index contributed by atoms with van der Waals surface area (Å²) in [7, 11) is 1.30. The number of benzene rings is 2. The van der Waals surface area contributed by atoms with Gasteiger partial charge < -0.3 is 9.72 Å². The first kappa shape index (κ1) is 23.2. The van der Waals surface area contributed by atoms with Crippen molar-refractivity contribution in [2.24, 2.45) is 5.92 Å². The van der Waals surface area contributed by atoms with Gasteiger partial charge in [-0.2, -0.15) is 0 Å². The molecule has 1 aliphatic heterocycles. The highest BCUT2D eigenvalue weighted by atomic mass is 19.1. The fourth-order valence-electron chi connectivity index (χ4n) is 4.85. The number of rotatable bonds is 6. The minimum absolute atomic E-state index is 0.178. The Balaban J connectivity index is 1.85. The smallest absolute Gasteiger partial charge is 0.330 e. The number of methoxy groups -OCH3 is 1. The Morgan fingerprint density at radius 1 is 1.30 bits per heavy atom. The van der Waals surface area contributed by atoms with Crippen LogP contribution in [0, 0.1) is 11.7 Å². The third-order valence-corrected chi connectivity index (χ3v) is 6.52. The second-order valence-electron chi connectivity index (χ2n) is 9.50. The second kappa shape index (κ2) is 9.10. The number of para-hydroxylation sites is 1. The number of alkyl halides is 1. The number of nitrogens with one attached hydrogen (secondary N) is 1. The lowest BCUT2D eigenvalue weighted by molar-refractivity contribution is -0.134. The number of hydrogen-bond acceptors (Lipinski definition) is 3. The zero-order valence-corrected chi connectivity index (χ0v) is 19.5. The third-order valence-electron chi connectivity index (χ3n) is 6.52. The van der Waals surface area contributed by atoms with Crippen LogP contribution in [-0.4, -0.2) is 41.7 Å². The molecule has 0 bridgehead atoms. The normalized spacial score (nSPS) is 19.0. The van der Waals surface area contributed by atoms with Gasteiger partial charge in [-0.25, -0.2) is 9.18 Å². The first-order valence-corrected chi connectivity index (χ1v) is 11.2. The molecule has 4 rings (SSSR count). The van der Waals surface area contributed by atoms with Crippen LogP contribution in [0.25, 0.3) is 17.0 Å². The first-order valence-electron chi connectivity index (χ1n) is 11.2. The molecule has 1 N–H and O–H groups in total. The number of carbonyl (C=O) groups is 1. The number of nitrogens with zero attached hydrogens (tertiary/aromatic N) is 1. The van der Waals surface area contributed by atoms with Crippen LogP contribution in [-0.2, 0) is 16.0 Å². The van der Waals surface area contributed by atoms with Gasteiger partial charge in [-0.15, -0.1) is 0 Å². The Morgan fingerprint density at radius 3 is 2.76 bits per heavy atom. The third kappa shape index (κ3) is 4.44. The van der Waals surface area contributed by atoms with E-state index in [1.165, 1.54) is 30.9 Å². The first-order chi connectivity index (χ1) is 15.7. The molecule has 2 heterocycles. The van der Waals surface area contributed by atoms with Crippen LogP contribution in [0.2, 0.25) is 0 Å². The van der Waals surface area contributed by atoms with Crippen molar-refractivity contribution in [3.05, 3.63) is 76.7 Å². The Bertz CT molecular complexity index is 1200. The fourth-order valence-corrected chi connectivity index (χ4v) is 4.85. The number of carbonyl (C=O) groups excluding carboxylic acids is 1. The van der Waals surface area contributed by atoms with Gasteiger partial charge in [0.15, 0.2) is 0 Å². The molecule has 33 heavy (non-hydrogen) atoms. The predicted molar refractivity (Wildman–Crippen MR) is 127 cm³/mol. The molecule has 0 saturated carbocycles. The van der Waals surface area contributed by atoms with Gasteiger partial charge in [0.1, 0.15) is 5.82 Å². The highest BCUT2D eigenvalue weighted by molar-refractivity contribution is 5.87. The summed E-state index contributed by atoms with van der Waals surface area (Å²) in [4.78, 5) is 17.2. The van der Waals surface area contributed by atoms with E-state index >= 15 is 4.39 Å². The molecule has 0 amide bonds. The molecule has 0 radical (unpaired) electrons. The number of hydrogen-bond donors (Lipinski definition) is 1. The van der Waals surface area contributed by atoms with Crippen LogP contribution in [0.3, 0.4) is 0 Å². The Morgan fingerprint density at radius 2 is 2.06 bits per heavy atom. The number of H-pyrrole nitrogens is 1. The van der Waals surface area contributed by atoms with Gasteiger partial charge in [-0.3, -0.25) is 9.29 Å². The van der Waals surface area contributed by atoms with E-state index in [0.717, 1.165) is 23.0 Å². The summed E-state index contributed by atoms with van der Waals surface area (Å²) in [6.45, 7) is 6.23. The van der Waals surface area contributed by atoms with E-state index in [9.17, 15) is 9.18 Å². The monoisotopic (exact) mass is 452 g/mol. The average molecular weight is 453 g/mol. The molecular weight excluding hydrogens is 422 g/mol. The zero-order valence-electron chi connectivity index (χ0n) is 19.5. The second-order valence-corrected chi connectivity index (χ2v) is 9.50. The summed E-state index contributed by atoms with van der Waals surface area (Å²) in [5.41, 5.74) is 3.94. The standard InChI is InChI=1S/C27H30F2N2O2/c1-17(15-28)16-31-26(20-11-9-18(13-22(20)29)10-12-24(32)33-4)25-21(14-27(31,2)3)19-7-5-6-8-23(19)30-25/h5-13,17,26,30H,14-16H2,1-4H3. The Hall–Kier alpha value is -2.99. The minimum Gasteiger partial charge on any atom is -0.466 e. The Labute approximate surface area is 193 Å². The molecule has 6 heteroatoms. The quantitative estimate of drug-likeness (QED) is 0.378. The maximum atomic E-state index is 15.6. The van der Waals surface area contributed by atoms with Gasteiger partial charge in [0.25, 0.3) is 0 Å². The van der Waals surface area contributed by atoms with Gasteiger partial charge in [-0.05, 0) is 55.5 Å². The van der Waals surface area contributed by atoms with Crippen LogP contribution in [0.4, 0.5) is 8.78 Å². The molecule has 174 valence electrons. The van der Waals surface area contributed by atoms with Crippen molar-refractivity contribution in [3.63, 3.8) is 0 Å². The molecule has 2 atom stereocenters.